The Bertz CT molecular complexity index is 2610. The van der Waals surface area contributed by atoms with E-state index in [1.54, 1.807) is 0 Å². The molecule has 5 nitrogen and oxygen atoms in total. The number of aromatic nitrogens is 5. The van der Waals surface area contributed by atoms with Crippen molar-refractivity contribution in [2.24, 2.45) is 0 Å². The SMILES string of the molecule is Cc1ccc(-c2nc(-c3ccc(C)cc3)nc(-c3cccc(-c4c(-c5ccccc5)nn5c(-c6ccccc6)cc6ccccc6c45)c3)n2)cc1. The molecule has 0 fully saturated rings. The van der Waals surface area contributed by atoms with Crippen LogP contribution in [-0.4, -0.2) is 24.6 Å². The van der Waals surface area contributed by atoms with Gasteiger partial charge in [-0.05, 0) is 36.9 Å². The van der Waals surface area contributed by atoms with Crippen molar-refractivity contribution >= 4 is 16.3 Å². The minimum absolute atomic E-state index is 0.616. The van der Waals surface area contributed by atoms with Gasteiger partial charge in [0.05, 0.1) is 11.2 Å². The van der Waals surface area contributed by atoms with Crippen LogP contribution in [0.1, 0.15) is 11.1 Å². The normalized spacial score (nSPS) is 11.3. The molecule has 3 aromatic heterocycles. The van der Waals surface area contributed by atoms with Gasteiger partial charge in [0.25, 0.3) is 0 Å². The second kappa shape index (κ2) is 12.6. The van der Waals surface area contributed by atoms with Gasteiger partial charge in [0.1, 0.15) is 5.69 Å². The maximum atomic E-state index is 5.39. The summed E-state index contributed by atoms with van der Waals surface area (Å²) in [4.78, 5) is 15.1. The molecule has 9 aromatic rings. The number of aryl methyl sites for hydroxylation is 2. The van der Waals surface area contributed by atoms with Gasteiger partial charge in [0.2, 0.25) is 0 Å². The number of fused-ring (bicyclic) bond motifs is 3. The fraction of sp³-hybridized carbons (Fsp3) is 0.0435. The van der Waals surface area contributed by atoms with Crippen LogP contribution in [-0.2, 0) is 0 Å². The van der Waals surface area contributed by atoms with E-state index in [-0.39, 0.29) is 0 Å². The molecule has 0 radical (unpaired) electrons. The summed E-state index contributed by atoms with van der Waals surface area (Å²) in [5.74, 6) is 1.89. The highest BCUT2D eigenvalue weighted by Gasteiger charge is 2.22. The lowest BCUT2D eigenvalue weighted by atomic mass is 9.95. The maximum Gasteiger partial charge on any atom is 0.164 e. The molecule has 6 aromatic carbocycles. The van der Waals surface area contributed by atoms with Crippen molar-refractivity contribution in [1.29, 1.82) is 0 Å². The van der Waals surface area contributed by atoms with Crippen molar-refractivity contribution in [3.05, 3.63) is 175 Å². The van der Waals surface area contributed by atoms with E-state index in [0.29, 0.717) is 17.5 Å². The Labute approximate surface area is 296 Å². The fourth-order valence-electron chi connectivity index (χ4n) is 6.76. The van der Waals surface area contributed by atoms with Crippen molar-refractivity contribution in [2.45, 2.75) is 13.8 Å². The molecule has 0 aliphatic heterocycles. The lowest BCUT2D eigenvalue weighted by Crippen LogP contribution is -2.00. The lowest BCUT2D eigenvalue weighted by molar-refractivity contribution is 0.979. The van der Waals surface area contributed by atoms with Gasteiger partial charge >= 0.3 is 0 Å². The summed E-state index contributed by atoms with van der Waals surface area (Å²) in [6.07, 6.45) is 0. The second-order valence-corrected chi connectivity index (χ2v) is 13.0. The summed E-state index contributed by atoms with van der Waals surface area (Å²) >= 11 is 0. The molecular formula is C46H33N5. The Kier molecular flexibility index (Phi) is 7.51. The van der Waals surface area contributed by atoms with E-state index in [1.165, 1.54) is 11.1 Å². The quantitative estimate of drug-likeness (QED) is 0.179. The van der Waals surface area contributed by atoms with Gasteiger partial charge in [-0.15, -0.1) is 0 Å². The van der Waals surface area contributed by atoms with E-state index in [2.05, 4.69) is 170 Å². The molecule has 0 N–H and O–H groups in total. The highest BCUT2D eigenvalue weighted by Crippen LogP contribution is 2.41. The second-order valence-electron chi connectivity index (χ2n) is 13.0. The monoisotopic (exact) mass is 655 g/mol. The number of pyridine rings is 1. The van der Waals surface area contributed by atoms with E-state index in [4.69, 9.17) is 20.1 Å². The van der Waals surface area contributed by atoms with Crippen LogP contribution in [0.4, 0.5) is 0 Å². The van der Waals surface area contributed by atoms with Crippen LogP contribution in [0.2, 0.25) is 0 Å². The fourth-order valence-corrected chi connectivity index (χ4v) is 6.76. The lowest BCUT2D eigenvalue weighted by Gasteiger charge is -2.12. The van der Waals surface area contributed by atoms with Gasteiger partial charge in [0.15, 0.2) is 17.5 Å². The molecule has 3 heterocycles. The number of hydrogen-bond acceptors (Lipinski definition) is 4. The van der Waals surface area contributed by atoms with Crippen LogP contribution in [0.25, 0.3) is 84.1 Å². The average molecular weight is 656 g/mol. The first-order valence-electron chi connectivity index (χ1n) is 17.2. The van der Waals surface area contributed by atoms with Gasteiger partial charge in [-0.1, -0.05) is 163 Å². The molecule has 51 heavy (non-hydrogen) atoms. The van der Waals surface area contributed by atoms with E-state index in [0.717, 1.165) is 66.6 Å². The molecule has 242 valence electrons. The Balaban J connectivity index is 1.30. The van der Waals surface area contributed by atoms with Gasteiger partial charge in [-0.2, -0.15) is 5.10 Å². The Morgan fingerprint density at radius 2 is 0.922 bits per heavy atom. The number of benzene rings is 6. The van der Waals surface area contributed by atoms with Crippen molar-refractivity contribution in [2.75, 3.05) is 0 Å². The standard InChI is InChI=1S/C46H33N5/c1-30-20-24-34(25-21-30)44-47-45(35-26-22-31(2)23-27-35)49-46(48-44)38-18-11-17-37(28-38)41-42(33-14-7-4-8-15-33)50-51-40(32-12-5-3-6-13-32)29-36-16-9-10-19-39(36)43(41)51/h3-29H,1-2H3. The average Bonchev–Trinajstić information content (AvgIpc) is 3.60. The van der Waals surface area contributed by atoms with E-state index >= 15 is 0 Å². The Morgan fingerprint density at radius 3 is 1.55 bits per heavy atom. The van der Waals surface area contributed by atoms with Crippen molar-refractivity contribution in [1.82, 2.24) is 24.6 Å². The largest absolute Gasteiger partial charge is 0.231 e. The molecule has 0 saturated carbocycles. The van der Waals surface area contributed by atoms with Crippen LogP contribution in [0.15, 0.2) is 164 Å². The Hall–Kier alpha value is -6.72. The molecule has 9 rings (SSSR count). The van der Waals surface area contributed by atoms with Crippen LogP contribution in [0.5, 0.6) is 0 Å². The topological polar surface area (TPSA) is 56.0 Å². The van der Waals surface area contributed by atoms with Gasteiger partial charge in [0, 0.05) is 38.8 Å². The third kappa shape index (κ3) is 5.65. The van der Waals surface area contributed by atoms with Crippen LogP contribution < -0.4 is 0 Å². The minimum Gasteiger partial charge on any atom is -0.231 e. The molecule has 0 spiro atoms. The predicted octanol–water partition coefficient (Wildman–Crippen LogP) is 11.3. The molecular weight excluding hydrogens is 623 g/mol. The van der Waals surface area contributed by atoms with Crippen molar-refractivity contribution < 1.29 is 0 Å². The maximum absolute atomic E-state index is 5.39. The zero-order valence-corrected chi connectivity index (χ0v) is 28.3. The first-order valence-corrected chi connectivity index (χ1v) is 17.2. The highest BCUT2D eigenvalue weighted by molar-refractivity contribution is 6.08. The van der Waals surface area contributed by atoms with Crippen LogP contribution in [0, 0.1) is 13.8 Å². The molecule has 0 aliphatic rings. The summed E-state index contributed by atoms with van der Waals surface area (Å²) in [6.45, 7) is 4.17. The summed E-state index contributed by atoms with van der Waals surface area (Å²) in [7, 11) is 0. The minimum atomic E-state index is 0.616. The van der Waals surface area contributed by atoms with Crippen molar-refractivity contribution in [3.8, 4) is 67.8 Å². The molecule has 0 amide bonds. The van der Waals surface area contributed by atoms with Gasteiger partial charge in [-0.25, -0.2) is 19.5 Å². The number of nitrogens with zero attached hydrogens (tertiary/aromatic N) is 5. The third-order valence-corrected chi connectivity index (χ3v) is 9.40. The molecule has 0 bridgehead atoms. The zero-order chi connectivity index (χ0) is 34.3. The number of hydrogen-bond donors (Lipinski definition) is 0. The molecule has 0 saturated heterocycles. The first kappa shape index (κ1) is 30.3. The van der Waals surface area contributed by atoms with Crippen LogP contribution >= 0.6 is 0 Å². The van der Waals surface area contributed by atoms with Gasteiger partial charge < -0.3 is 0 Å². The van der Waals surface area contributed by atoms with Crippen molar-refractivity contribution in [3.63, 3.8) is 0 Å². The number of rotatable bonds is 6. The van der Waals surface area contributed by atoms with E-state index in [9.17, 15) is 0 Å². The van der Waals surface area contributed by atoms with Crippen LogP contribution in [0.3, 0.4) is 0 Å². The summed E-state index contributed by atoms with van der Waals surface area (Å²) in [5.41, 5.74) is 12.4. The third-order valence-electron chi connectivity index (χ3n) is 9.40. The summed E-state index contributed by atoms with van der Waals surface area (Å²) in [5, 5.41) is 7.68. The predicted molar refractivity (Wildman–Crippen MR) is 208 cm³/mol. The van der Waals surface area contributed by atoms with E-state index < -0.39 is 0 Å². The summed E-state index contributed by atoms with van der Waals surface area (Å²) < 4.78 is 2.12. The molecule has 5 heteroatoms. The van der Waals surface area contributed by atoms with E-state index in [1.807, 2.05) is 12.1 Å². The molecule has 0 atom stereocenters. The van der Waals surface area contributed by atoms with Gasteiger partial charge in [-0.3, -0.25) is 0 Å². The zero-order valence-electron chi connectivity index (χ0n) is 28.3. The Morgan fingerprint density at radius 1 is 0.412 bits per heavy atom. The highest BCUT2D eigenvalue weighted by atomic mass is 15.2. The molecule has 0 unspecified atom stereocenters. The summed E-state index contributed by atoms with van der Waals surface area (Å²) in [6, 6.07) is 56.9. The molecule has 0 aliphatic carbocycles. The smallest absolute Gasteiger partial charge is 0.164 e. The first-order chi connectivity index (χ1) is 25.1.